The van der Waals surface area contributed by atoms with Crippen LogP contribution < -0.4 is 0 Å². The predicted molar refractivity (Wildman–Crippen MR) is 92.8 cm³/mol. The van der Waals surface area contributed by atoms with Crippen molar-refractivity contribution in [2.45, 2.75) is 46.0 Å². The second-order valence-corrected chi connectivity index (χ2v) is 6.00. The average molecular weight is 342 g/mol. The minimum absolute atomic E-state index is 0.000642. The van der Waals surface area contributed by atoms with E-state index in [1.807, 2.05) is 26.0 Å². The van der Waals surface area contributed by atoms with E-state index in [0.717, 1.165) is 16.7 Å². The molecule has 1 aliphatic heterocycles. The molecule has 1 aliphatic rings. The first kappa shape index (κ1) is 18.8. The van der Waals surface area contributed by atoms with Crippen LogP contribution in [0.5, 0.6) is 0 Å². The molecule has 0 saturated heterocycles. The molecule has 1 heterocycles. The summed E-state index contributed by atoms with van der Waals surface area (Å²) in [6.07, 6.45) is 1.81. The zero-order valence-electron chi connectivity index (χ0n) is 14.9. The summed E-state index contributed by atoms with van der Waals surface area (Å²) in [5.41, 5.74) is 3.20. The molecule has 132 valence electrons. The molecule has 0 aromatic heterocycles. The molecule has 1 aromatic rings. The summed E-state index contributed by atoms with van der Waals surface area (Å²) in [6, 6.07) is 6.09. The molecule has 3 atom stereocenters. The van der Waals surface area contributed by atoms with Gasteiger partial charge < -0.3 is 14.2 Å². The Morgan fingerprint density at radius 2 is 1.76 bits per heavy atom. The van der Waals surface area contributed by atoms with E-state index in [4.69, 9.17) is 14.2 Å². The number of carbonyl (C=O) groups is 2. The van der Waals surface area contributed by atoms with Gasteiger partial charge in [-0.2, -0.15) is 0 Å². The Morgan fingerprint density at radius 1 is 1.08 bits per heavy atom. The van der Waals surface area contributed by atoms with Crippen LogP contribution in [0.25, 0.3) is 0 Å². The number of aryl methyl sites for hydroxylation is 2. The van der Waals surface area contributed by atoms with Crippen molar-refractivity contribution in [1.29, 1.82) is 0 Å². The molecule has 0 aliphatic carbocycles. The Morgan fingerprint density at radius 3 is 2.36 bits per heavy atom. The average Bonchev–Trinajstić information content (AvgIpc) is 2.51. The summed E-state index contributed by atoms with van der Waals surface area (Å²) in [5, 5.41) is 0. The van der Waals surface area contributed by atoms with Gasteiger partial charge in [0.05, 0.1) is 0 Å². The van der Waals surface area contributed by atoms with Crippen LogP contribution in [-0.4, -0.2) is 36.9 Å². The van der Waals surface area contributed by atoms with Gasteiger partial charge in [0, 0.05) is 19.4 Å². The van der Waals surface area contributed by atoms with Gasteiger partial charge in [-0.25, -0.2) is 0 Å². The third-order valence-corrected chi connectivity index (χ3v) is 3.50. The van der Waals surface area contributed by atoms with Crippen molar-refractivity contribution in [3.05, 3.63) is 47.0 Å². The highest BCUT2D eigenvalue weighted by Gasteiger charge is 2.29. The number of hydrogen-bond acceptors (Lipinski definition) is 5. The Balaban J connectivity index is 2.13. The molecule has 5 heteroatoms. The molecular formula is C20H22O5. The number of carbonyl (C=O) groups excluding carboxylic acids is 2. The Kier molecular flexibility index (Phi) is 6.37. The van der Waals surface area contributed by atoms with E-state index in [1.165, 1.54) is 13.8 Å². The quantitative estimate of drug-likeness (QED) is 0.480. The Labute approximate surface area is 148 Å². The van der Waals surface area contributed by atoms with Gasteiger partial charge in [-0.15, -0.1) is 0 Å². The van der Waals surface area contributed by atoms with Crippen molar-refractivity contribution in [1.82, 2.24) is 0 Å². The maximum absolute atomic E-state index is 11.2. The highest BCUT2D eigenvalue weighted by molar-refractivity contribution is 5.67. The van der Waals surface area contributed by atoms with Crippen LogP contribution in [0, 0.1) is 25.7 Å². The lowest BCUT2D eigenvalue weighted by atomic mass is 10.1. The fourth-order valence-electron chi connectivity index (χ4n) is 2.57. The Hall–Kier alpha value is -2.58. The van der Waals surface area contributed by atoms with Gasteiger partial charge >= 0.3 is 11.9 Å². The van der Waals surface area contributed by atoms with Crippen LogP contribution >= 0.6 is 0 Å². The predicted octanol–water partition coefficient (Wildman–Crippen LogP) is 2.47. The fourth-order valence-corrected chi connectivity index (χ4v) is 2.57. The van der Waals surface area contributed by atoms with Gasteiger partial charge in [0.15, 0.2) is 0 Å². The topological polar surface area (TPSA) is 61.8 Å². The second kappa shape index (κ2) is 8.50. The highest BCUT2D eigenvalue weighted by Crippen LogP contribution is 2.17. The third-order valence-electron chi connectivity index (χ3n) is 3.50. The number of esters is 2. The van der Waals surface area contributed by atoms with Crippen molar-refractivity contribution < 1.29 is 23.8 Å². The van der Waals surface area contributed by atoms with Crippen LogP contribution in [0.15, 0.2) is 30.4 Å². The molecule has 0 unspecified atom stereocenters. The fraction of sp³-hybridized carbons (Fsp3) is 0.400. The van der Waals surface area contributed by atoms with E-state index in [-0.39, 0.29) is 6.61 Å². The van der Waals surface area contributed by atoms with E-state index in [9.17, 15) is 9.59 Å². The van der Waals surface area contributed by atoms with E-state index in [2.05, 4.69) is 17.9 Å². The normalized spacial score (nSPS) is 21.8. The molecule has 0 amide bonds. The first-order valence-electron chi connectivity index (χ1n) is 8.07. The summed E-state index contributed by atoms with van der Waals surface area (Å²) in [4.78, 5) is 22.2. The zero-order chi connectivity index (χ0) is 18.4. The van der Waals surface area contributed by atoms with Gasteiger partial charge in [0.1, 0.15) is 24.9 Å². The second-order valence-electron chi connectivity index (χ2n) is 6.00. The summed E-state index contributed by atoms with van der Waals surface area (Å²) in [7, 11) is 0. The molecule has 1 aromatic carbocycles. The van der Waals surface area contributed by atoms with Gasteiger partial charge in [-0.3, -0.25) is 9.59 Å². The van der Waals surface area contributed by atoms with Crippen molar-refractivity contribution in [2.75, 3.05) is 6.61 Å². The molecule has 0 fully saturated rings. The van der Waals surface area contributed by atoms with Crippen LogP contribution in [-0.2, 0) is 23.8 Å². The SMILES string of the molecule is CC(=O)OC[C@H]1O[C@H](C#Cc2cc(C)cc(C)c2)C=C[C@@H]1OC(C)=O. The smallest absolute Gasteiger partial charge is 0.303 e. The third kappa shape index (κ3) is 6.09. The lowest BCUT2D eigenvalue weighted by Crippen LogP contribution is -2.41. The van der Waals surface area contributed by atoms with Gasteiger partial charge in [-0.05, 0) is 49.3 Å². The lowest BCUT2D eigenvalue weighted by Gasteiger charge is -2.29. The monoisotopic (exact) mass is 342 g/mol. The summed E-state index contributed by atoms with van der Waals surface area (Å²) >= 11 is 0. The molecule has 0 spiro atoms. The molecular weight excluding hydrogens is 320 g/mol. The van der Waals surface area contributed by atoms with E-state index >= 15 is 0 Å². The minimum Gasteiger partial charge on any atom is -0.463 e. The molecule has 0 saturated carbocycles. The summed E-state index contributed by atoms with van der Waals surface area (Å²) in [6.45, 7) is 6.68. The van der Waals surface area contributed by atoms with E-state index in [0.29, 0.717) is 0 Å². The van der Waals surface area contributed by atoms with Crippen LogP contribution in [0.4, 0.5) is 0 Å². The molecule has 0 N–H and O–H groups in total. The molecule has 5 nitrogen and oxygen atoms in total. The van der Waals surface area contributed by atoms with Crippen LogP contribution in [0.2, 0.25) is 0 Å². The summed E-state index contributed by atoms with van der Waals surface area (Å²) < 4.78 is 16.0. The zero-order valence-corrected chi connectivity index (χ0v) is 14.9. The molecule has 25 heavy (non-hydrogen) atoms. The number of ether oxygens (including phenoxy) is 3. The largest absolute Gasteiger partial charge is 0.463 e. The minimum atomic E-state index is -0.601. The molecule has 2 rings (SSSR count). The Bertz CT molecular complexity index is 718. The van der Waals surface area contributed by atoms with Crippen molar-refractivity contribution in [2.24, 2.45) is 0 Å². The number of benzene rings is 1. The standard InChI is InChI=1S/C20H22O5/c1-13-9-14(2)11-17(10-13)5-6-18-7-8-19(24-16(4)22)20(25-18)12-23-15(3)21/h7-11,18-20H,12H2,1-4H3/t18-,19+,20-/m1/s1. The van der Waals surface area contributed by atoms with Crippen LogP contribution in [0.1, 0.15) is 30.5 Å². The van der Waals surface area contributed by atoms with Crippen LogP contribution in [0.3, 0.4) is 0 Å². The van der Waals surface area contributed by atoms with E-state index < -0.39 is 30.3 Å². The molecule has 0 bridgehead atoms. The highest BCUT2D eigenvalue weighted by atomic mass is 16.6. The first-order chi connectivity index (χ1) is 11.8. The van der Waals surface area contributed by atoms with Gasteiger partial charge in [0.2, 0.25) is 0 Å². The van der Waals surface area contributed by atoms with Gasteiger partial charge in [-0.1, -0.05) is 17.9 Å². The van der Waals surface area contributed by atoms with Crippen molar-refractivity contribution in [3.8, 4) is 11.8 Å². The number of hydrogen-bond donors (Lipinski definition) is 0. The van der Waals surface area contributed by atoms with Crippen molar-refractivity contribution >= 4 is 11.9 Å². The maximum Gasteiger partial charge on any atom is 0.303 e. The molecule has 0 radical (unpaired) electrons. The van der Waals surface area contributed by atoms with Gasteiger partial charge in [0.25, 0.3) is 0 Å². The summed E-state index contributed by atoms with van der Waals surface area (Å²) in [5.74, 6) is 5.30. The number of rotatable bonds is 3. The van der Waals surface area contributed by atoms with Crippen molar-refractivity contribution in [3.63, 3.8) is 0 Å². The maximum atomic E-state index is 11.2. The lowest BCUT2D eigenvalue weighted by molar-refractivity contribution is -0.161. The van der Waals surface area contributed by atoms with E-state index in [1.54, 1.807) is 12.2 Å². The first-order valence-corrected chi connectivity index (χ1v) is 8.07.